The number of hydrogen-bond donors (Lipinski definition) is 1. The van der Waals surface area contributed by atoms with Gasteiger partial charge >= 0.3 is 0 Å². The van der Waals surface area contributed by atoms with Gasteiger partial charge in [0, 0.05) is 27.2 Å². The van der Waals surface area contributed by atoms with Crippen LogP contribution in [-0.2, 0) is 26.2 Å². The smallest absolute Gasteiger partial charge is 0.264 e. The zero-order valence-electron chi connectivity index (χ0n) is 22.7. The van der Waals surface area contributed by atoms with E-state index in [4.69, 9.17) is 34.8 Å². The summed E-state index contributed by atoms with van der Waals surface area (Å²) >= 11 is 18.6. The summed E-state index contributed by atoms with van der Waals surface area (Å²) in [6.45, 7) is 6.71. The van der Waals surface area contributed by atoms with Crippen LogP contribution in [0, 0.1) is 0 Å². The maximum atomic E-state index is 14.1. The molecule has 1 atom stereocenters. The number of anilines is 1. The highest BCUT2D eigenvalue weighted by atomic mass is 35.5. The van der Waals surface area contributed by atoms with E-state index in [9.17, 15) is 18.0 Å². The molecule has 0 unspecified atom stereocenters. The van der Waals surface area contributed by atoms with E-state index in [0.717, 1.165) is 4.31 Å². The molecular weight excluding hydrogens is 593 g/mol. The van der Waals surface area contributed by atoms with Gasteiger partial charge in [0.15, 0.2) is 0 Å². The molecule has 0 saturated heterocycles. The minimum atomic E-state index is -4.16. The van der Waals surface area contributed by atoms with Crippen molar-refractivity contribution in [2.75, 3.05) is 10.8 Å². The minimum Gasteiger partial charge on any atom is -0.350 e. The Labute approximate surface area is 251 Å². The Bertz CT molecular complexity index is 1440. The Kier molecular flexibility index (Phi) is 10.5. The summed E-state index contributed by atoms with van der Waals surface area (Å²) < 4.78 is 28.6. The van der Waals surface area contributed by atoms with Crippen LogP contribution in [0.25, 0.3) is 0 Å². The quantitative estimate of drug-likeness (QED) is 0.277. The van der Waals surface area contributed by atoms with E-state index in [0.29, 0.717) is 20.6 Å². The highest BCUT2D eigenvalue weighted by Gasteiger charge is 2.34. The molecule has 3 rings (SSSR count). The van der Waals surface area contributed by atoms with Crippen LogP contribution in [-0.4, -0.2) is 43.3 Å². The molecule has 1 N–H and O–H groups in total. The van der Waals surface area contributed by atoms with Crippen molar-refractivity contribution in [3.05, 3.63) is 93.4 Å². The molecule has 3 aromatic rings. The number of amides is 2. The van der Waals surface area contributed by atoms with Crippen molar-refractivity contribution in [2.45, 2.75) is 57.1 Å². The molecule has 0 bridgehead atoms. The first-order valence-corrected chi connectivity index (χ1v) is 15.2. The fourth-order valence-electron chi connectivity index (χ4n) is 4.06. The monoisotopic (exact) mass is 623 g/mol. The van der Waals surface area contributed by atoms with Crippen LogP contribution in [0.15, 0.2) is 77.7 Å². The summed E-state index contributed by atoms with van der Waals surface area (Å²) in [6.07, 6.45) is 0.283. The first-order valence-electron chi connectivity index (χ1n) is 12.6. The van der Waals surface area contributed by atoms with Gasteiger partial charge in [-0.25, -0.2) is 8.42 Å². The number of sulfonamides is 1. The molecule has 0 aliphatic heterocycles. The van der Waals surface area contributed by atoms with E-state index < -0.39 is 34.1 Å². The largest absolute Gasteiger partial charge is 0.350 e. The number of halogens is 3. The highest BCUT2D eigenvalue weighted by Crippen LogP contribution is 2.27. The fraction of sp³-hybridized carbons (Fsp3) is 0.310. The molecule has 0 spiro atoms. The Morgan fingerprint density at radius 1 is 0.900 bits per heavy atom. The molecule has 0 aliphatic rings. The molecule has 214 valence electrons. The third kappa shape index (κ3) is 8.13. The highest BCUT2D eigenvalue weighted by molar-refractivity contribution is 7.92. The van der Waals surface area contributed by atoms with Gasteiger partial charge in [-0.15, -0.1) is 0 Å². The van der Waals surface area contributed by atoms with Gasteiger partial charge in [0.05, 0.1) is 10.6 Å². The van der Waals surface area contributed by atoms with E-state index in [1.54, 1.807) is 55.5 Å². The van der Waals surface area contributed by atoms with Crippen molar-refractivity contribution >= 4 is 62.3 Å². The Hall–Kier alpha value is -2.78. The predicted octanol–water partition coefficient (Wildman–Crippen LogP) is 6.56. The van der Waals surface area contributed by atoms with Gasteiger partial charge in [0.1, 0.15) is 12.6 Å². The molecule has 7 nitrogen and oxygen atoms in total. The van der Waals surface area contributed by atoms with Gasteiger partial charge in [-0.3, -0.25) is 13.9 Å². The van der Waals surface area contributed by atoms with Crippen molar-refractivity contribution < 1.29 is 18.0 Å². The first-order chi connectivity index (χ1) is 18.7. The number of rotatable bonds is 10. The number of nitrogens with zero attached hydrogens (tertiary/aromatic N) is 2. The van der Waals surface area contributed by atoms with Crippen molar-refractivity contribution in [3.8, 4) is 0 Å². The molecule has 0 fully saturated rings. The maximum absolute atomic E-state index is 14.1. The average molecular weight is 625 g/mol. The third-order valence-electron chi connectivity index (χ3n) is 5.96. The second-order valence-electron chi connectivity index (χ2n) is 10.2. The lowest BCUT2D eigenvalue weighted by atomic mass is 10.1. The molecule has 0 saturated carbocycles. The van der Waals surface area contributed by atoms with Gasteiger partial charge in [0.25, 0.3) is 10.0 Å². The third-order valence-corrected chi connectivity index (χ3v) is 8.59. The standard InChI is InChI=1S/C29H32Cl3N3O4S/c1-5-26(28(37)33-29(2,3)4)34(18-20-11-12-22(31)17-25(20)32)27(36)19-35(23-15-13-21(30)14-16-23)40(38,39)24-9-7-6-8-10-24/h6-17,26H,5,18-19H2,1-4H3,(H,33,37)/t26-/m1/s1. The number of benzene rings is 3. The van der Waals surface area contributed by atoms with Crippen LogP contribution < -0.4 is 9.62 Å². The lowest BCUT2D eigenvalue weighted by Gasteiger charge is -2.35. The molecular formula is C29H32Cl3N3O4S. The fourth-order valence-corrected chi connectivity index (χ4v) is 6.09. The van der Waals surface area contributed by atoms with Gasteiger partial charge in [0.2, 0.25) is 11.8 Å². The van der Waals surface area contributed by atoms with Gasteiger partial charge in [-0.2, -0.15) is 0 Å². The minimum absolute atomic E-state index is 0.0163. The number of carbonyl (C=O) groups is 2. The zero-order valence-corrected chi connectivity index (χ0v) is 25.8. The van der Waals surface area contributed by atoms with Crippen LogP contribution in [0.4, 0.5) is 5.69 Å². The van der Waals surface area contributed by atoms with Gasteiger partial charge in [-0.1, -0.05) is 66.0 Å². The molecule has 0 radical (unpaired) electrons. The summed E-state index contributed by atoms with van der Waals surface area (Å²) in [7, 11) is -4.16. The van der Waals surface area contributed by atoms with Crippen molar-refractivity contribution in [3.63, 3.8) is 0 Å². The molecule has 0 aliphatic carbocycles. The number of nitrogens with one attached hydrogen (secondary N) is 1. The summed E-state index contributed by atoms with van der Waals surface area (Å²) in [4.78, 5) is 28.8. The van der Waals surface area contributed by atoms with E-state index in [-0.39, 0.29) is 29.5 Å². The second kappa shape index (κ2) is 13.3. The number of hydrogen-bond acceptors (Lipinski definition) is 4. The molecule has 2 amide bonds. The lowest BCUT2D eigenvalue weighted by molar-refractivity contribution is -0.141. The Morgan fingerprint density at radius 3 is 2.05 bits per heavy atom. The molecule has 0 heterocycles. The SMILES string of the molecule is CC[C@H](C(=O)NC(C)(C)C)N(Cc1ccc(Cl)cc1Cl)C(=O)CN(c1ccc(Cl)cc1)S(=O)(=O)c1ccccc1. The predicted molar refractivity (Wildman–Crippen MR) is 161 cm³/mol. The Morgan fingerprint density at radius 2 is 1.50 bits per heavy atom. The first kappa shape index (κ1) is 31.7. The molecule has 40 heavy (non-hydrogen) atoms. The normalized spacial score (nSPS) is 12.5. The van der Waals surface area contributed by atoms with Crippen LogP contribution in [0.3, 0.4) is 0 Å². The van der Waals surface area contributed by atoms with Crippen LogP contribution >= 0.6 is 34.8 Å². The second-order valence-corrected chi connectivity index (χ2v) is 13.4. The van der Waals surface area contributed by atoms with E-state index >= 15 is 0 Å². The summed E-state index contributed by atoms with van der Waals surface area (Å²) in [6, 6.07) is 18.0. The van der Waals surface area contributed by atoms with Crippen molar-refractivity contribution in [1.29, 1.82) is 0 Å². The number of carbonyl (C=O) groups excluding carboxylic acids is 2. The Balaban J connectivity index is 2.08. The lowest BCUT2D eigenvalue weighted by Crippen LogP contribution is -2.55. The van der Waals surface area contributed by atoms with E-state index in [1.807, 2.05) is 20.8 Å². The topological polar surface area (TPSA) is 86.8 Å². The summed E-state index contributed by atoms with van der Waals surface area (Å²) in [5, 5.41) is 4.09. The summed E-state index contributed by atoms with van der Waals surface area (Å²) in [5.74, 6) is -0.950. The van der Waals surface area contributed by atoms with Crippen molar-refractivity contribution in [1.82, 2.24) is 10.2 Å². The molecule has 3 aromatic carbocycles. The molecule has 11 heteroatoms. The zero-order chi connectivity index (χ0) is 29.7. The van der Waals surface area contributed by atoms with Crippen molar-refractivity contribution in [2.24, 2.45) is 0 Å². The maximum Gasteiger partial charge on any atom is 0.264 e. The summed E-state index contributed by atoms with van der Waals surface area (Å²) in [5.41, 5.74) is 0.256. The van der Waals surface area contributed by atoms with Crippen LogP contribution in [0.2, 0.25) is 15.1 Å². The van der Waals surface area contributed by atoms with Gasteiger partial charge < -0.3 is 10.2 Å². The molecule has 0 aromatic heterocycles. The van der Waals surface area contributed by atoms with Crippen LogP contribution in [0.1, 0.15) is 39.7 Å². The van der Waals surface area contributed by atoms with Crippen LogP contribution in [0.5, 0.6) is 0 Å². The van der Waals surface area contributed by atoms with Gasteiger partial charge in [-0.05, 0) is 81.3 Å². The van der Waals surface area contributed by atoms with E-state index in [1.165, 1.54) is 29.2 Å². The van der Waals surface area contributed by atoms with E-state index in [2.05, 4.69) is 5.32 Å². The average Bonchev–Trinajstić information content (AvgIpc) is 2.88.